The molecule has 128 valence electrons. The van der Waals surface area contributed by atoms with E-state index in [-0.39, 0.29) is 18.1 Å². The van der Waals surface area contributed by atoms with Gasteiger partial charge in [0.1, 0.15) is 18.1 Å². The lowest BCUT2D eigenvalue weighted by Gasteiger charge is -2.09. The van der Waals surface area contributed by atoms with Gasteiger partial charge in [-0.25, -0.2) is 9.48 Å². The van der Waals surface area contributed by atoms with Gasteiger partial charge in [0, 0.05) is 25.1 Å². The molecule has 0 saturated carbocycles. The fourth-order valence-electron chi connectivity index (χ4n) is 2.96. The Morgan fingerprint density at radius 2 is 2.12 bits per heavy atom. The Balaban J connectivity index is 1.64. The van der Waals surface area contributed by atoms with Crippen LogP contribution in [-0.4, -0.2) is 27.4 Å². The van der Waals surface area contributed by atoms with Gasteiger partial charge < -0.3 is 10.1 Å². The minimum atomic E-state index is -0.240. The SMILES string of the molecule is COc1ccccc1CNC(=O)Cn1nc2n(c1=O)CCCCC2. The Hall–Kier alpha value is -2.57. The van der Waals surface area contributed by atoms with Crippen molar-refractivity contribution in [2.24, 2.45) is 0 Å². The molecule has 7 nitrogen and oxygen atoms in total. The van der Waals surface area contributed by atoms with E-state index in [0.29, 0.717) is 13.1 Å². The first-order chi connectivity index (χ1) is 11.7. The molecule has 1 aromatic heterocycles. The predicted molar refractivity (Wildman–Crippen MR) is 88.9 cm³/mol. The molecule has 1 aliphatic heterocycles. The zero-order valence-electron chi connectivity index (χ0n) is 13.8. The molecule has 1 amide bonds. The number of hydrogen-bond acceptors (Lipinski definition) is 4. The van der Waals surface area contributed by atoms with Crippen LogP contribution in [-0.2, 0) is 30.8 Å². The number of nitrogens with zero attached hydrogens (tertiary/aromatic N) is 3. The van der Waals surface area contributed by atoms with Crippen molar-refractivity contribution >= 4 is 5.91 Å². The molecular formula is C17H22N4O3. The summed E-state index contributed by atoms with van der Waals surface area (Å²) in [6, 6.07) is 7.51. The van der Waals surface area contributed by atoms with Crippen LogP contribution in [0.3, 0.4) is 0 Å². The van der Waals surface area contributed by atoms with E-state index >= 15 is 0 Å². The van der Waals surface area contributed by atoms with Crippen LogP contribution in [0.4, 0.5) is 0 Å². The summed E-state index contributed by atoms with van der Waals surface area (Å²) in [5, 5.41) is 7.13. The quantitative estimate of drug-likeness (QED) is 0.890. The Kier molecular flexibility index (Phi) is 4.98. The maximum atomic E-state index is 12.3. The van der Waals surface area contributed by atoms with Crippen LogP contribution >= 0.6 is 0 Å². The number of nitrogens with one attached hydrogen (secondary N) is 1. The van der Waals surface area contributed by atoms with Crippen molar-refractivity contribution in [3.05, 3.63) is 46.1 Å². The van der Waals surface area contributed by atoms with Gasteiger partial charge in [-0.2, -0.15) is 5.10 Å². The number of fused-ring (bicyclic) bond motifs is 1. The molecule has 0 bridgehead atoms. The monoisotopic (exact) mass is 330 g/mol. The number of carbonyl (C=O) groups excluding carboxylic acids is 1. The molecule has 7 heteroatoms. The van der Waals surface area contributed by atoms with E-state index in [2.05, 4.69) is 10.4 Å². The second kappa shape index (κ2) is 7.33. The van der Waals surface area contributed by atoms with E-state index < -0.39 is 0 Å². The summed E-state index contributed by atoms with van der Waals surface area (Å²) < 4.78 is 8.22. The maximum Gasteiger partial charge on any atom is 0.346 e. The van der Waals surface area contributed by atoms with E-state index in [9.17, 15) is 9.59 Å². The van der Waals surface area contributed by atoms with Crippen molar-refractivity contribution in [3.8, 4) is 5.75 Å². The van der Waals surface area contributed by atoms with Crippen LogP contribution in [0.15, 0.2) is 29.1 Å². The summed E-state index contributed by atoms with van der Waals surface area (Å²) in [6.07, 6.45) is 3.93. The van der Waals surface area contributed by atoms with E-state index in [1.807, 2.05) is 24.3 Å². The van der Waals surface area contributed by atoms with Crippen molar-refractivity contribution in [1.29, 1.82) is 0 Å². The number of hydrogen-bond donors (Lipinski definition) is 1. The number of rotatable bonds is 5. The number of benzene rings is 1. The first kappa shape index (κ1) is 16.3. The van der Waals surface area contributed by atoms with Gasteiger partial charge in [0.15, 0.2) is 0 Å². The van der Waals surface area contributed by atoms with Gasteiger partial charge in [-0.3, -0.25) is 9.36 Å². The molecule has 0 spiro atoms. The molecule has 1 aromatic carbocycles. The van der Waals surface area contributed by atoms with E-state index in [4.69, 9.17) is 4.74 Å². The Labute approximate surface area is 140 Å². The maximum absolute atomic E-state index is 12.3. The van der Waals surface area contributed by atoms with Crippen molar-refractivity contribution in [1.82, 2.24) is 19.7 Å². The highest BCUT2D eigenvalue weighted by Gasteiger charge is 2.17. The first-order valence-corrected chi connectivity index (χ1v) is 8.24. The minimum Gasteiger partial charge on any atom is -0.496 e. The van der Waals surface area contributed by atoms with Crippen LogP contribution in [0.2, 0.25) is 0 Å². The largest absolute Gasteiger partial charge is 0.496 e. The standard InChI is InChI=1S/C17H22N4O3/c1-24-14-8-5-4-7-13(14)11-18-16(22)12-21-17(23)20-10-6-2-3-9-15(20)19-21/h4-5,7-8H,2-3,6,9-12H2,1H3,(H,18,22). The molecule has 0 radical (unpaired) electrons. The molecule has 3 rings (SSSR count). The van der Waals surface area contributed by atoms with Crippen LogP contribution in [0.5, 0.6) is 5.75 Å². The third kappa shape index (κ3) is 3.50. The number of methoxy groups -OCH3 is 1. The van der Waals surface area contributed by atoms with Gasteiger partial charge in [-0.15, -0.1) is 0 Å². The molecule has 0 saturated heterocycles. The summed E-state index contributed by atoms with van der Waals surface area (Å²) >= 11 is 0. The Morgan fingerprint density at radius 1 is 1.29 bits per heavy atom. The molecule has 24 heavy (non-hydrogen) atoms. The molecule has 2 heterocycles. The third-order valence-corrected chi connectivity index (χ3v) is 4.24. The zero-order valence-corrected chi connectivity index (χ0v) is 13.8. The van der Waals surface area contributed by atoms with E-state index in [0.717, 1.165) is 42.8 Å². The highest BCUT2D eigenvalue weighted by molar-refractivity contribution is 5.75. The average molecular weight is 330 g/mol. The van der Waals surface area contributed by atoms with Crippen molar-refractivity contribution in [2.45, 2.75) is 45.3 Å². The molecule has 1 N–H and O–H groups in total. The van der Waals surface area contributed by atoms with Gasteiger partial charge >= 0.3 is 5.69 Å². The summed E-state index contributed by atoms with van der Waals surface area (Å²) in [5.41, 5.74) is 0.695. The topological polar surface area (TPSA) is 78.2 Å². The Bertz CT molecular complexity index is 778. The van der Waals surface area contributed by atoms with Crippen LogP contribution in [0.1, 0.15) is 30.7 Å². The summed E-state index contributed by atoms with van der Waals surface area (Å²) in [7, 11) is 1.60. The fourth-order valence-corrected chi connectivity index (χ4v) is 2.96. The molecule has 0 unspecified atom stereocenters. The van der Waals surface area contributed by atoms with Gasteiger partial charge in [-0.1, -0.05) is 24.6 Å². The molecule has 0 fully saturated rings. The highest BCUT2D eigenvalue weighted by Crippen LogP contribution is 2.16. The molecular weight excluding hydrogens is 308 g/mol. The van der Waals surface area contributed by atoms with E-state index in [1.165, 1.54) is 4.68 Å². The normalized spacial score (nSPS) is 13.9. The highest BCUT2D eigenvalue weighted by atomic mass is 16.5. The number of aryl methyl sites for hydroxylation is 1. The summed E-state index contributed by atoms with van der Waals surface area (Å²) in [5.74, 6) is 1.27. The number of amides is 1. The molecule has 2 aromatic rings. The van der Waals surface area contributed by atoms with Crippen molar-refractivity contribution in [2.75, 3.05) is 7.11 Å². The van der Waals surface area contributed by atoms with Crippen molar-refractivity contribution in [3.63, 3.8) is 0 Å². The number of carbonyl (C=O) groups is 1. The van der Waals surface area contributed by atoms with Crippen LogP contribution in [0, 0.1) is 0 Å². The van der Waals surface area contributed by atoms with Gasteiger partial charge in [-0.05, 0) is 18.9 Å². The molecule has 1 aliphatic rings. The number of ether oxygens (including phenoxy) is 1. The third-order valence-electron chi connectivity index (χ3n) is 4.24. The summed E-state index contributed by atoms with van der Waals surface area (Å²) in [4.78, 5) is 24.5. The number of para-hydroxylation sites is 1. The van der Waals surface area contributed by atoms with Gasteiger partial charge in [0.25, 0.3) is 0 Å². The number of aromatic nitrogens is 3. The first-order valence-electron chi connectivity index (χ1n) is 8.24. The Morgan fingerprint density at radius 3 is 2.96 bits per heavy atom. The van der Waals surface area contributed by atoms with E-state index in [1.54, 1.807) is 11.7 Å². The predicted octanol–water partition coefficient (Wildman–Crippen LogP) is 1.10. The molecule has 0 aliphatic carbocycles. The fraction of sp³-hybridized carbons (Fsp3) is 0.471. The minimum absolute atomic E-state index is 0.0615. The molecule has 0 atom stereocenters. The lowest BCUT2D eigenvalue weighted by Crippen LogP contribution is -2.33. The zero-order chi connectivity index (χ0) is 16.9. The second-order valence-electron chi connectivity index (χ2n) is 5.91. The lowest BCUT2D eigenvalue weighted by atomic mass is 10.2. The lowest BCUT2D eigenvalue weighted by molar-refractivity contribution is -0.122. The van der Waals surface area contributed by atoms with Crippen LogP contribution < -0.4 is 15.7 Å². The van der Waals surface area contributed by atoms with Crippen LogP contribution in [0.25, 0.3) is 0 Å². The van der Waals surface area contributed by atoms with Gasteiger partial charge in [0.2, 0.25) is 5.91 Å². The van der Waals surface area contributed by atoms with Crippen molar-refractivity contribution < 1.29 is 9.53 Å². The second-order valence-corrected chi connectivity index (χ2v) is 5.91. The summed E-state index contributed by atoms with van der Waals surface area (Å²) in [6.45, 7) is 0.982. The smallest absolute Gasteiger partial charge is 0.346 e. The average Bonchev–Trinajstić information content (AvgIpc) is 2.77. The van der Waals surface area contributed by atoms with Gasteiger partial charge in [0.05, 0.1) is 7.11 Å².